The molecule has 0 unspecified atom stereocenters. The third-order valence-electron chi connectivity index (χ3n) is 5.26. The van der Waals surface area contributed by atoms with Crippen LogP contribution in [0.4, 0.5) is 13.2 Å². The van der Waals surface area contributed by atoms with E-state index >= 15 is 0 Å². The predicted octanol–water partition coefficient (Wildman–Crippen LogP) is 3.64. The smallest absolute Gasteiger partial charge is 0.475 e. The molecule has 9 nitrogen and oxygen atoms in total. The first-order valence-corrected chi connectivity index (χ1v) is 12.7. The van der Waals surface area contributed by atoms with E-state index in [0.29, 0.717) is 11.1 Å². The lowest BCUT2D eigenvalue weighted by Gasteiger charge is -2.08. The largest absolute Gasteiger partial charge is 0.490 e. The van der Waals surface area contributed by atoms with Crippen molar-refractivity contribution in [2.45, 2.75) is 11.1 Å². The molecule has 0 aliphatic carbocycles. The number of benzene rings is 3. The summed E-state index contributed by atoms with van der Waals surface area (Å²) in [4.78, 5) is 25.9. The second-order valence-corrected chi connectivity index (χ2v) is 9.70. The van der Waals surface area contributed by atoms with E-state index in [2.05, 4.69) is 9.71 Å². The van der Waals surface area contributed by atoms with Gasteiger partial charge in [-0.25, -0.2) is 22.9 Å². The number of halogens is 3. The minimum Gasteiger partial charge on any atom is -0.475 e. The van der Waals surface area contributed by atoms with E-state index in [0.717, 1.165) is 16.8 Å². The average molecular weight is 561 g/mol. The van der Waals surface area contributed by atoms with E-state index in [-0.39, 0.29) is 23.8 Å². The zero-order valence-corrected chi connectivity index (χ0v) is 21.0. The Kier molecular flexibility index (Phi) is 9.35. The maximum Gasteiger partial charge on any atom is 0.490 e. The number of nitrogens with zero attached hydrogens (tertiary/aromatic N) is 2. The van der Waals surface area contributed by atoms with Crippen molar-refractivity contribution >= 4 is 21.8 Å². The molecule has 1 heterocycles. The van der Waals surface area contributed by atoms with Gasteiger partial charge < -0.3 is 15.4 Å². The number of aromatic nitrogens is 2. The second kappa shape index (κ2) is 12.5. The number of hydrogen-bond donors (Lipinski definition) is 3. The molecule has 0 radical (unpaired) electrons. The molecule has 4 N–H and O–H groups in total. The Morgan fingerprint density at radius 1 is 0.897 bits per heavy atom. The lowest BCUT2D eigenvalue weighted by atomic mass is 9.99. The number of nitrogens with one attached hydrogen (secondary N) is 1. The number of carbonyl (C=O) groups excluding carboxylic acids is 1. The van der Waals surface area contributed by atoms with Gasteiger partial charge in [-0.05, 0) is 47.5 Å². The number of rotatable bonds is 8. The third-order valence-corrected chi connectivity index (χ3v) is 6.73. The summed E-state index contributed by atoms with van der Waals surface area (Å²) in [6.45, 7) is 0.420. The van der Waals surface area contributed by atoms with E-state index in [1.165, 1.54) is 0 Å². The molecule has 0 saturated heterocycles. The summed E-state index contributed by atoms with van der Waals surface area (Å²) in [5.74, 6) is -2.83. The SMILES string of the molecule is NCCNS(=O)(=O)c1ccc(-c2ccc(C(=O)c3ccc(-n4ccnc4)cc3)cc2)cc1.O=C(O)C(F)(F)F. The van der Waals surface area contributed by atoms with Gasteiger partial charge in [0.15, 0.2) is 5.78 Å². The highest BCUT2D eigenvalue weighted by molar-refractivity contribution is 7.89. The van der Waals surface area contributed by atoms with Crippen LogP contribution in [-0.2, 0) is 14.8 Å². The molecular formula is C26H23F3N4O5S. The van der Waals surface area contributed by atoms with E-state index in [1.807, 2.05) is 35.0 Å². The summed E-state index contributed by atoms with van der Waals surface area (Å²) in [5.41, 5.74) is 9.20. The van der Waals surface area contributed by atoms with Crippen LogP contribution in [0.15, 0.2) is 96.4 Å². The molecular weight excluding hydrogens is 537 g/mol. The van der Waals surface area contributed by atoms with Crippen LogP contribution in [0.25, 0.3) is 16.8 Å². The molecule has 0 fully saturated rings. The number of imidazole rings is 1. The van der Waals surface area contributed by atoms with Crippen LogP contribution in [-0.4, -0.2) is 54.1 Å². The first-order chi connectivity index (χ1) is 18.4. The number of nitrogens with two attached hydrogens (primary N) is 1. The number of carboxylic acid groups (broad SMARTS) is 1. The van der Waals surface area contributed by atoms with Crippen LogP contribution in [0.1, 0.15) is 15.9 Å². The molecule has 0 bridgehead atoms. The Balaban J connectivity index is 0.000000532. The molecule has 0 spiro atoms. The summed E-state index contributed by atoms with van der Waals surface area (Å²) in [6, 6.07) is 21.2. The zero-order chi connectivity index (χ0) is 28.6. The predicted molar refractivity (Wildman–Crippen MR) is 137 cm³/mol. The van der Waals surface area contributed by atoms with Crippen molar-refractivity contribution in [3.05, 3.63) is 103 Å². The summed E-state index contributed by atoms with van der Waals surface area (Å²) in [5, 5.41) is 7.12. The summed E-state index contributed by atoms with van der Waals surface area (Å²) < 4.78 is 60.4. The molecule has 0 aliphatic rings. The van der Waals surface area contributed by atoms with Crippen molar-refractivity contribution in [1.82, 2.24) is 14.3 Å². The monoisotopic (exact) mass is 560 g/mol. The number of carbonyl (C=O) groups is 2. The average Bonchev–Trinajstić information content (AvgIpc) is 3.47. The van der Waals surface area contributed by atoms with Crippen LogP contribution in [0.2, 0.25) is 0 Å². The highest BCUT2D eigenvalue weighted by atomic mass is 32.2. The molecule has 13 heteroatoms. The van der Waals surface area contributed by atoms with Crippen LogP contribution in [0.5, 0.6) is 0 Å². The van der Waals surface area contributed by atoms with Crippen molar-refractivity contribution in [2.75, 3.05) is 13.1 Å². The van der Waals surface area contributed by atoms with Gasteiger partial charge in [-0.1, -0.05) is 36.4 Å². The first kappa shape index (κ1) is 29.2. The Bertz CT molecular complexity index is 1500. The van der Waals surface area contributed by atoms with Gasteiger partial charge >= 0.3 is 12.1 Å². The summed E-state index contributed by atoms with van der Waals surface area (Å²) >= 11 is 0. The standard InChI is InChI=1S/C24H22N4O3S.C2HF3O2/c25-13-14-27-32(30,31)23-11-7-19(8-12-23)18-1-3-20(4-2-18)24(29)21-5-9-22(10-6-21)28-16-15-26-17-28;3-2(4,5)1(6)7/h1-12,15-17,27H,13-14,25H2;(H,6,7). The fourth-order valence-electron chi connectivity index (χ4n) is 3.28. The van der Waals surface area contributed by atoms with Gasteiger partial charge in [0.2, 0.25) is 10.0 Å². The van der Waals surface area contributed by atoms with Crippen LogP contribution in [0, 0.1) is 0 Å². The third kappa shape index (κ3) is 7.83. The van der Waals surface area contributed by atoms with Crippen molar-refractivity contribution in [1.29, 1.82) is 0 Å². The molecule has 0 aliphatic heterocycles. The van der Waals surface area contributed by atoms with E-state index in [1.54, 1.807) is 61.1 Å². The zero-order valence-electron chi connectivity index (χ0n) is 20.2. The minimum absolute atomic E-state index is 0.0684. The van der Waals surface area contributed by atoms with Crippen molar-refractivity contribution in [2.24, 2.45) is 5.73 Å². The Labute approximate surface area is 221 Å². The van der Waals surface area contributed by atoms with E-state index < -0.39 is 22.2 Å². The van der Waals surface area contributed by atoms with Gasteiger partial charge in [0.1, 0.15) is 0 Å². The Morgan fingerprint density at radius 2 is 1.38 bits per heavy atom. The van der Waals surface area contributed by atoms with Crippen LogP contribution in [0.3, 0.4) is 0 Å². The van der Waals surface area contributed by atoms with Crippen LogP contribution < -0.4 is 10.5 Å². The van der Waals surface area contributed by atoms with Gasteiger partial charge in [-0.2, -0.15) is 13.2 Å². The van der Waals surface area contributed by atoms with E-state index in [9.17, 15) is 26.4 Å². The van der Waals surface area contributed by atoms with Gasteiger partial charge in [-0.15, -0.1) is 0 Å². The number of ketones is 1. The highest BCUT2D eigenvalue weighted by Gasteiger charge is 2.38. The van der Waals surface area contributed by atoms with Crippen molar-refractivity contribution in [3.8, 4) is 16.8 Å². The maximum atomic E-state index is 12.8. The molecule has 39 heavy (non-hydrogen) atoms. The van der Waals surface area contributed by atoms with Gasteiger partial charge in [-0.3, -0.25) is 4.79 Å². The van der Waals surface area contributed by atoms with Gasteiger partial charge in [0.25, 0.3) is 0 Å². The molecule has 3 aromatic carbocycles. The first-order valence-electron chi connectivity index (χ1n) is 11.3. The summed E-state index contributed by atoms with van der Waals surface area (Å²) in [7, 11) is -3.57. The minimum atomic E-state index is -5.08. The molecule has 0 atom stereocenters. The Hall–Kier alpha value is -4.33. The molecule has 204 valence electrons. The van der Waals surface area contributed by atoms with Crippen molar-refractivity contribution in [3.63, 3.8) is 0 Å². The van der Waals surface area contributed by atoms with E-state index in [4.69, 9.17) is 15.6 Å². The van der Waals surface area contributed by atoms with Crippen molar-refractivity contribution < 1.29 is 36.3 Å². The molecule has 0 saturated carbocycles. The fraction of sp³-hybridized carbons (Fsp3) is 0.115. The maximum absolute atomic E-state index is 12.8. The van der Waals surface area contributed by atoms with Gasteiger partial charge in [0.05, 0.1) is 11.2 Å². The van der Waals surface area contributed by atoms with Crippen LogP contribution >= 0.6 is 0 Å². The molecule has 0 amide bonds. The number of aliphatic carboxylic acids is 1. The Morgan fingerprint density at radius 3 is 1.82 bits per heavy atom. The molecule has 4 aromatic rings. The normalized spacial score (nSPS) is 11.4. The second-order valence-electron chi connectivity index (χ2n) is 7.94. The van der Waals surface area contributed by atoms with Gasteiger partial charge in [0, 0.05) is 42.3 Å². The highest BCUT2D eigenvalue weighted by Crippen LogP contribution is 2.23. The molecule has 4 rings (SSSR count). The quantitative estimate of drug-likeness (QED) is 0.279. The summed E-state index contributed by atoms with van der Waals surface area (Å²) in [6.07, 6.45) is 0.161. The molecule has 1 aromatic heterocycles. The topological polar surface area (TPSA) is 144 Å². The number of sulfonamides is 1. The number of hydrogen-bond acceptors (Lipinski definition) is 6. The fourth-order valence-corrected chi connectivity index (χ4v) is 4.33. The lowest BCUT2D eigenvalue weighted by Crippen LogP contribution is -2.29. The number of carboxylic acids is 1. The number of alkyl halides is 3. The lowest BCUT2D eigenvalue weighted by molar-refractivity contribution is -0.192.